The largest absolute Gasteiger partial charge is 0.462 e. The molecule has 55 heavy (non-hydrogen) atoms. The average Bonchev–Trinajstić information content (AvgIpc) is 3.18. The smallest absolute Gasteiger partial charge is 0.306 e. The number of allylic oxidation sites excluding steroid dienone is 4. The molecule has 0 saturated carbocycles. The number of aliphatic hydroxyl groups is 2. The fourth-order valence-corrected chi connectivity index (χ4v) is 7.31. The van der Waals surface area contributed by atoms with Crippen molar-refractivity contribution < 1.29 is 24.5 Å². The molecule has 6 nitrogen and oxygen atoms in total. The molecule has 3 unspecified atom stereocenters. The molecule has 0 aliphatic heterocycles. The van der Waals surface area contributed by atoms with Gasteiger partial charge in [0.1, 0.15) is 6.10 Å². The summed E-state index contributed by atoms with van der Waals surface area (Å²) in [6, 6.07) is -0.707. The fourth-order valence-electron chi connectivity index (χ4n) is 7.31. The Bertz CT molecular complexity index is 873. The number of hydrogen-bond acceptors (Lipinski definition) is 5. The molecule has 0 radical (unpaired) electrons. The Kier molecular flexibility index (Phi) is 42.2. The molecule has 324 valence electrons. The van der Waals surface area contributed by atoms with Crippen molar-refractivity contribution in [2.75, 3.05) is 6.61 Å². The van der Waals surface area contributed by atoms with Gasteiger partial charge in [-0.05, 0) is 70.6 Å². The second-order valence-electron chi connectivity index (χ2n) is 16.5. The molecule has 0 aromatic heterocycles. The van der Waals surface area contributed by atoms with E-state index in [1.54, 1.807) is 0 Å². The second kappa shape index (κ2) is 43.5. The van der Waals surface area contributed by atoms with Crippen molar-refractivity contribution in [3.05, 3.63) is 24.3 Å². The van der Waals surface area contributed by atoms with Crippen LogP contribution in [0.1, 0.15) is 252 Å². The number of carbonyl (C=O) groups excluding carboxylic acids is 2. The van der Waals surface area contributed by atoms with Crippen LogP contribution >= 0.6 is 0 Å². The molecule has 3 atom stereocenters. The summed E-state index contributed by atoms with van der Waals surface area (Å²) in [6.07, 6.45) is 48.1. The maximum absolute atomic E-state index is 13.1. The number of amides is 1. The van der Waals surface area contributed by atoms with Gasteiger partial charge in [-0.1, -0.05) is 193 Å². The zero-order valence-electron chi connectivity index (χ0n) is 36.8. The molecule has 0 saturated heterocycles. The lowest BCUT2D eigenvalue weighted by molar-refractivity contribution is -0.151. The van der Waals surface area contributed by atoms with Crippen molar-refractivity contribution in [1.29, 1.82) is 0 Å². The SMILES string of the molecule is CCCCCCCC/C=C\CCCCCC(=O)OC(CCC/C=C\CCCCCCCCC)CC(=O)NC(CO)C(O)CCCCCCCCCCCCC. The number of unbranched alkanes of at least 4 members (excludes halogenated alkanes) is 27. The third-order valence-electron chi connectivity index (χ3n) is 11.0. The Hall–Kier alpha value is -1.66. The van der Waals surface area contributed by atoms with Crippen LogP contribution in [-0.4, -0.2) is 46.9 Å². The molecule has 0 spiro atoms. The molecule has 0 aliphatic carbocycles. The van der Waals surface area contributed by atoms with Gasteiger partial charge in [-0.15, -0.1) is 0 Å². The van der Waals surface area contributed by atoms with E-state index >= 15 is 0 Å². The summed E-state index contributed by atoms with van der Waals surface area (Å²) in [5.41, 5.74) is 0. The predicted octanol–water partition coefficient (Wildman–Crippen LogP) is 14.0. The van der Waals surface area contributed by atoms with E-state index in [4.69, 9.17) is 4.74 Å². The standard InChI is InChI=1S/C49H93NO5/c1-4-7-10-13-16-19-22-24-27-30-33-36-39-42-49(54)55-45(40-37-34-31-28-26-23-20-17-14-11-8-5-2)43-48(53)50-46(44-51)47(52)41-38-35-32-29-25-21-18-15-12-9-6-3/h24,27-28,31,45-47,51-52H,4-23,25-26,29-30,32-44H2,1-3H3,(H,50,53)/b27-24-,31-28-. The van der Waals surface area contributed by atoms with E-state index < -0.39 is 18.2 Å². The van der Waals surface area contributed by atoms with Crippen molar-refractivity contribution in [3.8, 4) is 0 Å². The lowest BCUT2D eigenvalue weighted by Crippen LogP contribution is -2.46. The van der Waals surface area contributed by atoms with Crippen LogP contribution in [-0.2, 0) is 14.3 Å². The van der Waals surface area contributed by atoms with Crippen LogP contribution in [0.3, 0.4) is 0 Å². The molecular formula is C49H93NO5. The van der Waals surface area contributed by atoms with E-state index in [-0.39, 0.29) is 24.9 Å². The minimum atomic E-state index is -0.791. The molecule has 0 heterocycles. The lowest BCUT2D eigenvalue weighted by Gasteiger charge is -2.24. The van der Waals surface area contributed by atoms with Gasteiger partial charge in [0.25, 0.3) is 0 Å². The second-order valence-corrected chi connectivity index (χ2v) is 16.5. The number of carbonyl (C=O) groups is 2. The molecule has 0 aromatic rings. The summed E-state index contributed by atoms with van der Waals surface area (Å²) in [5.74, 6) is -0.516. The summed E-state index contributed by atoms with van der Waals surface area (Å²) < 4.78 is 5.89. The van der Waals surface area contributed by atoms with Crippen molar-refractivity contribution in [2.45, 2.75) is 270 Å². The van der Waals surface area contributed by atoms with Gasteiger partial charge in [0.2, 0.25) is 5.91 Å². The van der Waals surface area contributed by atoms with E-state index in [1.807, 2.05) is 0 Å². The zero-order chi connectivity index (χ0) is 40.3. The van der Waals surface area contributed by atoms with Crippen LogP contribution in [0.2, 0.25) is 0 Å². The highest BCUT2D eigenvalue weighted by Crippen LogP contribution is 2.17. The van der Waals surface area contributed by atoms with Crippen molar-refractivity contribution in [2.24, 2.45) is 0 Å². The predicted molar refractivity (Wildman–Crippen MR) is 236 cm³/mol. The zero-order valence-corrected chi connectivity index (χ0v) is 36.8. The van der Waals surface area contributed by atoms with Crippen molar-refractivity contribution >= 4 is 11.9 Å². The molecule has 6 heteroatoms. The summed E-state index contributed by atoms with van der Waals surface area (Å²) in [6.45, 7) is 6.45. The van der Waals surface area contributed by atoms with Gasteiger partial charge in [-0.3, -0.25) is 9.59 Å². The highest BCUT2D eigenvalue weighted by molar-refractivity contribution is 5.77. The third-order valence-corrected chi connectivity index (χ3v) is 11.0. The minimum absolute atomic E-state index is 0.0541. The van der Waals surface area contributed by atoms with E-state index in [0.717, 1.165) is 64.2 Å². The average molecular weight is 776 g/mol. The van der Waals surface area contributed by atoms with Crippen LogP contribution in [0, 0.1) is 0 Å². The molecule has 0 bridgehead atoms. The van der Waals surface area contributed by atoms with Crippen LogP contribution in [0.5, 0.6) is 0 Å². The molecule has 0 aliphatic rings. The summed E-state index contributed by atoms with van der Waals surface area (Å²) in [7, 11) is 0. The Balaban J connectivity index is 4.62. The Morgan fingerprint density at radius 3 is 1.33 bits per heavy atom. The van der Waals surface area contributed by atoms with Crippen LogP contribution in [0.4, 0.5) is 0 Å². The minimum Gasteiger partial charge on any atom is -0.462 e. The maximum atomic E-state index is 13.1. The van der Waals surface area contributed by atoms with Gasteiger partial charge in [0.05, 0.1) is 25.2 Å². The van der Waals surface area contributed by atoms with Crippen LogP contribution in [0.25, 0.3) is 0 Å². The first-order valence-corrected chi connectivity index (χ1v) is 24.1. The number of nitrogens with one attached hydrogen (secondary N) is 1. The van der Waals surface area contributed by atoms with Crippen molar-refractivity contribution in [3.63, 3.8) is 0 Å². The Morgan fingerprint density at radius 2 is 0.891 bits per heavy atom. The lowest BCUT2D eigenvalue weighted by atomic mass is 10.0. The molecule has 0 aromatic carbocycles. The number of ether oxygens (including phenoxy) is 1. The number of hydrogen-bond donors (Lipinski definition) is 3. The number of aliphatic hydroxyl groups excluding tert-OH is 2. The summed E-state index contributed by atoms with van der Waals surface area (Å²) in [5, 5.41) is 23.6. The van der Waals surface area contributed by atoms with E-state index in [9.17, 15) is 19.8 Å². The maximum Gasteiger partial charge on any atom is 0.306 e. The Labute approximate surface area is 341 Å². The van der Waals surface area contributed by atoms with Crippen LogP contribution < -0.4 is 5.32 Å². The van der Waals surface area contributed by atoms with Gasteiger partial charge in [0.15, 0.2) is 0 Å². The highest BCUT2D eigenvalue weighted by Gasteiger charge is 2.24. The molecule has 1 amide bonds. The monoisotopic (exact) mass is 776 g/mol. The normalized spacial score (nSPS) is 13.5. The number of esters is 1. The first-order chi connectivity index (χ1) is 27.0. The first-order valence-electron chi connectivity index (χ1n) is 24.1. The fraction of sp³-hybridized carbons (Fsp3) is 0.878. The molecule has 0 rings (SSSR count). The summed E-state index contributed by atoms with van der Waals surface area (Å²) in [4.78, 5) is 26.0. The van der Waals surface area contributed by atoms with Gasteiger partial charge >= 0.3 is 5.97 Å². The topological polar surface area (TPSA) is 95.9 Å². The molecular weight excluding hydrogens is 683 g/mol. The van der Waals surface area contributed by atoms with Gasteiger partial charge in [-0.2, -0.15) is 0 Å². The highest BCUT2D eigenvalue weighted by atomic mass is 16.5. The van der Waals surface area contributed by atoms with E-state index in [0.29, 0.717) is 19.3 Å². The van der Waals surface area contributed by atoms with E-state index in [1.165, 1.54) is 141 Å². The Morgan fingerprint density at radius 1 is 0.509 bits per heavy atom. The first kappa shape index (κ1) is 53.3. The van der Waals surface area contributed by atoms with Crippen molar-refractivity contribution in [1.82, 2.24) is 5.32 Å². The molecule has 3 N–H and O–H groups in total. The molecule has 0 fully saturated rings. The third kappa shape index (κ3) is 39.0. The van der Waals surface area contributed by atoms with Gasteiger partial charge in [-0.25, -0.2) is 0 Å². The van der Waals surface area contributed by atoms with E-state index in [2.05, 4.69) is 50.4 Å². The van der Waals surface area contributed by atoms with Gasteiger partial charge < -0.3 is 20.3 Å². The van der Waals surface area contributed by atoms with Gasteiger partial charge in [0, 0.05) is 6.42 Å². The number of rotatable bonds is 43. The summed E-state index contributed by atoms with van der Waals surface area (Å²) >= 11 is 0. The van der Waals surface area contributed by atoms with Crippen LogP contribution in [0.15, 0.2) is 24.3 Å². The quantitative estimate of drug-likeness (QED) is 0.0326.